The van der Waals surface area contributed by atoms with E-state index in [2.05, 4.69) is 16.0 Å². The Labute approximate surface area is 372 Å². The molecule has 1 aliphatic heterocycles. The summed E-state index contributed by atoms with van der Waals surface area (Å²) >= 11 is 1.46. The largest absolute Gasteiger partial charge is 0.456 e. The fourth-order valence-electron chi connectivity index (χ4n) is 6.91. The molecule has 0 radical (unpaired) electrons. The summed E-state index contributed by atoms with van der Waals surface area (Å²) in [6, 6.07) is 4.65. The molecule has 2 rings (SSSR count). The van der Waals surface area contributed by atoms with Gasteiger partial charge in [0.05, 0.1) is 18.6 Å². The minimum absolute atomic E-state index is 0.0614. The second-order valence-electron chi connectivity index (χ2n) is 16.7. The Morgan fingerprint density at radius 2 is 1.55 bits per heavy atom. The summed E-state index contributed by atoms with van der Waals surface area (Å²) in [5.74, 6) is -5.02. The van der Waals surface area contributed by atoms with Crippen molar-refractivity contribution < 1.29 is 47.8 Å². The number of likely N-dealkylation sites (N-methyl/N-ethyl adjacent to an activating group) is 2. The minimum Gasteiger partial charge on any atom is -0.456 e. The van der Waals surface area contributed by atoms with Gasteiger partial charge in [-0.25, -0.2) is 9.59 Å². The second-order valence-corrected chi connectivity index (χ2v) is 17.6. The van der Waals surface area contributed by atoms with Crippen molar-refractivity contribution in [2.45, 2.75) is 137 Å². The fraction of sp³-hybridized carbons (Fsp3) is 0.630. The molecular formula is C46H71N5O10S. The first-order chi connectivity index (χ1) is 29.2. The van der Waals surface area contributed by atoms with Gasteiger partial charge in [-0.15, -0.1) is 11.8 Å². The molecule has 62 heavy (non-hydrogen) atoms. The number of carbonyl (C=O) groups excluding carboxylic acids is 7. The molecule has 1 aliphatic rings. The molecule has 1 aromatic rings. The summed E-state index contributed by atoms with van der Waals surface area (Å²) in [7, 11) is 2.88. The number of benzene rings is 1. The molecule has 346 valence electrons. The number of hydrogen-bond acceptors (Lipinski definition) is 11. The van der Waals surface area contributed by atoms with Crippen LogP contribution in [0.5, 0.6) is 0 Å². The number of carbonyl (C=O) groups is 7. The van der Waals surface area contributed by atoms with Crippen molar-refractivity contribution >= 4 is 53.2 Å². The first-order valence-electron chi connectivity index (χ1n) is 21.4. The Morgan fingerprint density at radius 3 is 2.13 bits per heavy atom. The van der Waals surface area contributed by atoms with Crippen LogP contribution < -0.4 is 16.0 Å². The highest BCUT2D eigenvalue weighted by atomic mass is 32.2. The van der Waals surface area contributed by atoms with Crippen molar-refractivity contribution in [2.75, 3.05) is 32.8 Å². The number of hydrogen-bond donors (Lipinski definition) is 3. The molecule has 0 spiro atoms. The molecule has 0 bridgehead atoms. The smallest absolute Gasteiger partial charge is 0.334 e. The lowest BCUT2D eigenvalue weighted by Gasteiger charge is -2.33. The van der Waals surface area contributed by atoms with Crippen molar-refractivity contribution in [1.82, 2.24) is 25.8 Å². The molecule has 1 aromatic carbocycles. The molecule has 0 fully saturated rings. The molecule has 5 amide bonds. The first-order valence-corrected chi connectivity index (χ1v) is 22.8. The van der Waals surface area contributed by atoms with Crippen LogP contribution in [0.4, 0.5) is 0 Å². The number of amides is 5. The Morgan fingerprint density at radius 1 is 0.919 bits per heavy atom. The van der Waals surface area contributed by atoms with Crippen LogP contribution in [0.1, 0.15) is 94.1 Å². The van der Waals surface area contributed by atoms with Crippen molar-refractivity contribution in [3.63, 3.8) is 0 Å². The maximum atomic E-state index is 14.2. The van der Waals surface area contributed by atoms with E-state index in [1.54, 1.807) is 32.1 Å². The van der Waals surface area contributed by atoms with E-state index in [9.17, 15) is 33.6 Å². The summed E-state index contributed by atoms with van der Waals surface area (Å²) in [5.41, 5.74) is 1.71. The van der Waals surface area contributed by atoms with Crippen LogP contribution in [0.3, 0.4) is 0 Å². The van der Waals surface area contributed by atoms with Crippen molar-refractivity contribution in [3.05, 3.63) is 59.2 Å². The van der Waals surface area contributed by atoms with Gasteiger partial charge < -0.3 is 40.0 Å². The van der Waals surface area contributed by atoms with Gasteiger partial charge in [0.15, 0.2) is 6.10 Å². The molecule has 2 unspecified atom stereocenters. The number of nitrogens with zero attached hydrogens (tertiary/aromatic N) is 2. The number of esters is 2. The average molecular weight is 886 g/mol. The van der Waals surface area contributed by atoms with Crippen LogP contribution in [-0.2, 0) is 54.2 Å². The summed E-state index contributed by atoms with van der Waals surface area (Å²) < 4.78 is 18.1. The lowest BCUT2D eigenvalue weighted by molar-refractivity contribution is -0.155. The lowest BCUT2D eigenvalue weighted by atomic mass is 9.90. The highest BCUT2D eigenvalue weighted by Gasteiger charge is 2.37. The topological polar surface area (TPSA) is 190 Å². The second kappa shape index (κ2) is 26.0. The van der Waals surface area contributed by atoms with E-state index < -0.39 is 96.4 Å². The van der Waals surface area contributed by atoms with Gasteiger partial charge in [0.2, 0.25) is 23.6 Å². The van der Waals surface area contributed by atoms with Gasteiger partial charge in [0.25, 0.3) is 5.91 Å². The van der Waals surface area contributed by atoms with Crippen LogP contribution in [0.25, 0.3) is 0 Å². The Hall–Kier alpha value is -4.70. The third-order valence-electron chi connectivity index (χ3n) is 11.2. The quantitative estimate of drug-likeness (QED) is 0.170. The molecule has 0 aliphatic carbocycles. The molecule has 16 heteroatoms. The molecule has 15 nitrogen and oxygen atoms in total. The van der Waals surface area contributed by atoms with E-state index in [-0.39, 0.29) is 36.7 Å². The van der Waals surface area contributed by atoms with Crippen LogP contribution in [0, 0.1) is 17.8 Å². The fourth-order valence-corrected chi connectivity index (χ4v) is 7.22. The normalized spacial score (nSPS) is 28.0. The minimum atomic E-state index is -1.23. The predicted octanol–water partition coefficient (Wildman–Crippen LogP) is 4.58. The monoisotopic (exact) mass is 885 g/mol. The third-order valence-corrected chi connectivity index (χ3v) is 11.6. The predicted molar refractivity (Wildman–Crippen MR) is 240 cm³/mol. The average Bonchev–Trinajstić information content (AvgIpc) is 3.24. The summed E-state index contributed by atoms with van der Waals surface area (Å²) in [6.45, 7) is 17.1. The SMILES string of the molecule is C/C=C(\C)[C@H]1OC(=O)[C@@H](C)NC(=O)C(C(C)CC)NC(=O)CN(C)C(=O)[C@@H](Cc2ccccc2)N(C)C(=O)[C@H](C)NC(=O)[C@@H](CC(C)C)OC(=O)/C(C)=C/C[C@H](OCSC)[C@@H]1C. The van der Waals surface area contributed by atoms with E-state index in [1.807, 2.05) is 72.1 Å². The van der Waals surface area contributed by atoms with Gasteiger partial charge in [-0.05, 0) is 76.7 Å². The van der Waals surface area contributed by atoms with E-state index >= 15 is 0 Å². The highest BCUT2D eigenvalue weighted by molar-refractivity contribution is 7.98. The molecule has 3 N–H and O–H groups in total. The number of rotatable bonds is 10. The van der Waals surface area contributed by atoms with Gasteiger partial charge in [-0.2, -0.15) is 0 Å². The molecule has 0 saturated carbocycles. The molecule has 1 heterocycles. The Bertz CT molecular complexity index is 1750. The van der Waals surface area contributed by atoms with E-state index in [4.69, 9.17) is 14.2 Å². The maximum Gasteiger partial charge on any atom is 0.334 e. The van der Waals surface area contributed by atoms with Crippen molar-refractivity contribution in [3.8, 4) is 0 Å². The summed E-state index contributed by atoms with van der Waals surface area (Å²) in [5, 5.41) is 8.17. The lowest BCUT2D eigenvalue weighted by Crippen LogP contribution is -2.57. The van der Waals surface area contributed by atoms with Crippen LogP contribution in [0.15, 0.2) is 53.6 Å². The van der Waals surface area contributed by atoms with Crippen LogP contribution >= 0.6 is 11.8 Å². The van der Waals surface area contributed by atoms with Crippen molar-refractivity contribution in [1.29, 1.82) is 0 Å². The van der Waals surface area contributed by atoms with Crippen LogP contribution in [-0.4, -0.2) is 127 Å². The van der Waals surface area contributed by atoms with Gasteiger partial charge in [-0.1, -0.05) is 83.5 Å². The summed E-state index contributed by atoms with van der Waals surface area (Å²) in [4.78, 5) is 99.0. The first kappa shape index (κ1) is 53.4. The number of cyclic esters (lactones) is 2. The van der Waals surface area contributed by atoms with E-state index in [1.165, 1.54) is 49.5 Å². The number of nitrogens with one attached hydrogen (secondary N) is 3. The zero-order valence-electron chi connectivity index (χ0n) is 38.9. The highest BCUT2D eigenvalue weighted by Crippen LogP contribution is 2.26. The van der Waals surface area contributed by atoms with E-state index in [0.29, 0.717) is 12.4 Å². The molecular weight excluding hydrogens is 815 g/mol. The van der Waals surface area contributed by atoms with Gasteiger partial charge in [-0.3, -0.25) is 24.0 Å². The van der Waals surface area contributed by atoms with E-state index in [0.717, 1.165) is 11.1 Å². The number of thioether (sulfide) groups is 1. The third kappa shape index (κ3) is 16.2. The molecule has 0 aromatic heterocycles. The number of ether oxygens (including phenoxy) is 3. The van der Waals surface area contributed by atoms with Gasteiger partial charge in [0.1, 0.15) is 30.3 Å². The number of allylic oxidation sites excluding steroid dienone is 1. The van der Waals surface area contributed by atoms with Gasteiger partial charge in [0, 0.05) is 32.0 Å². The Kier molecular flexibility index (Phi) is 22.5. The standard InChI is InChI=1S/C46H71N5O10S/c1-14-28(5)39-42(54)48-33(10)46(58)61-40(29(6)15-2)31(8)36(59-26-62-13)22-21-30(7)45(57)60-37(23-27(3)4)41(53)47-32(9)43(55)51(12)35(24-34-19-17-16-18-20-34)44(56)50(11)25-38(52)49-39/h15-21,27-28,31-33,35-37,39-40H,14,22-26H2,1-13H3,(H,47,53)(H,48,54)(H,49,52)/b29-15+,30-21+/t28?,31-,32-,33+,35+,36-,37+,39?,40+/m0/s1. The summed E-state index contributed by atoms with van der Waals surface area (Å²) in [6.07, 6.45) is 3.83. The maximum absolute atomic E-state index is 14.2. The van der Waals surface area contributed by atoms with Crippen LogP contribution in [0.2, 0.25) is 0 Å². The van der Waals surface area contributed by atoms with Crippen molar-refractivity contribution in [2.24, 2.45) is 17.8 Å². The van der Waals surface area contributed by atoms with Gasteiger partial charge >= 0.3 is 11.9 Å². The zero-order chi connectivity index (χ0) is 46.8. The molecule has 9 atom stereocenters. The zero-order valence-corrected chi connectivity index (χ0v) is 39.8. The Balaban J connectivity index is 2.68. The molecule has 0 saturated heterocycles.